The molecule has 0 unspecified atom stereocenters. The average molecular weight is 371 g/mol. The topological polar surface area (TPSA) is 49.4 Å². The van der Waals surface area contributed by atoms with Gasteiger partial charge in [0.25, 0.3) is 0 Å². The number of hydrogen-bond acceptors (Lipinski definition) is 2. The molecule has 1 aromatic rings. The van der Waals surface area contributed by atoms with Crippen LogP contribution in [-0.2, 0) is 16.0 Å². The fourth-order valence-corrected chi connectivity index (χ4v) is 4.39. The number of hydrogen-bond donors (Lipinski definition) is 1. The molecule has 1 saturated carbocycles. The maximum absolute atomic E-state index is 13.0. The summed E-state index contributed by atoms with van der Waals surface area (Å²) in [6.45, 7) is 5.08. The van der Waals surface area contributed by atoms with E-state index in [-0.39, 0.29) is 17.9 Å². The summed E-state index contributed by atoms with van der Waals surface area (Å²) in [7, 11) is 0. The molecule has 1 aliphatic carbocycles. The van der Waals surface area contributed by atoms with Gasteiger partial charge in [-0.3, -0.25) is 9.59 Å². The lowest BCUT2D eigenvalue weighted by Crippen LogP contribution is -2.53. The Morgan fingerprint density at radius 1 is 1.00 bits per heavy atom. The number of likely N-dealkylation sites (tertiary alicyclic amines) is 1. The second-order valence-corrected chi connectivity index (χ2v) is 8.86. The van der Waals surface area contributed by atoms with Crippen molar-refractivity contribution in [3.63, 3.8) is 0 Å². The van der Waals surface area contributed by atoms with Gasteiger partial charge >= 0.3 is 0 Å². The van der Waals surface area contributed by atoms with Crippen molar-refractivity contribution >= 4 is 11.8 Å². The quantitative estimate of drug-likeness (QED) is 0.798. The van der Waals surface area contributed by atoms with Crippen LogP contribution in [0.25, 0.3) is 0 Å². The van der Waals surface area contributed by atoms with Crippen LogP contribution in [0.3, 0.4) is 0 Å². The van der Waals surface area contributed by atoms with Gasteiger partial charge in [0.15, 0.2) is 0 Å². The van der Waals surface area contributed by atoms with Gasteiger partial charge in [0, 0.05) is 19.1 Å². The molecule has 1 saturated heterocycles. The maximum atomic E-state index is 13.0. The summed E-state index contributed by atoms with van der Waals surface area (Å²) >= 11 is 0. The van der Waals surface area contributed by atoms with Crippen molar-refractivity contribution in [3.8, 4) is 0 Å². The van der Waals surface area contributed by atoms with Crippen molar-refractivity contribution in [2.75, 3.05) is 13.1 Å². The molecule has 2 amide bonds. The minimum atomic E-state index is -0.982. The Bertz CT molecular complexity index is 627. The van der Waals surface area contributed by atoms with Crippen molar-refractivity contribution in [1.82, 2.24) is 10.2 Å². The number of benzene rings is 1. The minimum Gasteiger partial charge on any atom is -0.352 e. The lowest BCUT2D eigenvalue weighted by atomic mass is 9.85. The third kappa shape index (κ3) is 5.12. The molecular formula is C23H34N2O2. The zero-order valence-corrected chi connectivity index (χ0v) is 16.9. The molecule has 2 fully saturated rings. The first-order chi connectivity index (χ1) is 13.0. The van der Waals surface area contributed by atoms with E-state index in [1.54, 1.807) is 13.8 Å². The highest BCUT2D eigenvalue weighted by molar-refractivity contribution is 6.04. The van der Waals surface area contributed by atoms with Crippen molar-refractivity contribution in [2.45, 2.75) is 71.3 Å². The Morgan fingerprint density at radius 2 is 1.63 bits per heavy atom. The first-order valence-corrected chi connectivity index (χ1v) is 10.6. The van der Waals surface area contributed by atoms with Gasteiger partial charge in [0.05, 0.1) is 0 Å². The number of carbonyl (C=O) groups excluding carboxylic acids is 2. The molecule has 27 heavy (non-hydrogen) atoms. The first-order valence-electron chi connectivity index (χ1n) is 10.6. The number of nitrogens with one attached hydrogen (secondary N) is 1. The van der Waals surface area contributed by atoms with Gasteiger partial charge in [-0.05, 0) is 57.4 Å². The predicted octanol–water partition coefficient (Wildman–Crippen LogP) is 3.94. The molecule has 1 aromatic carbocycles. The van der Waals surface area contributed by atoms with E-state index < -0.39 is 5.41 Å². The number of nitrogens with zero attached hydrogens (tertiary/aromatic N) is 1. The number of rotatable bonds is 5. The molecule has 4 heteroatoms. The molecule has 3 rings (SSSR count). The molecule has 0 spiro atoms. The van der Waals surface area contributed by atoms with E-state index in [4.69, 9.17) is 0 Å². The highest BCUT2D eigenvalue weighted by atomic mass is 16.2. The second kappa shape index (κ2) is 8.90. The molecule has 1 aliphatic heterocycles. The summed E-state index contributed by atoms with van der Waals surface area (Å²) in [6.07, 6.45) is 8.80. The smallest absolute Gasteiger partial charge is 0.237 e. The molecule has 0 aromatic heterocycles. The van der Waals surface area contributed by atoms with Crippen molar-refractivity contribution in [1.29, 1.82) is 0 Å². The Balaban J connectivity index is 1.50. The van der Waals surface area contributed by atoms with E-state index in [2.05, 4.69) is 29.6 Å². The van der Waals surface area contributed by atoms with Crippen LogP contribution >= 0.6 is 0 Å². The molecular weight excluding hydrogens is 336 g/mol. The molecule has 1 heterocycles. The van der Waals surface area contributed by atoms with Gasteiger partial charge in [-0.15, -0.1) is 0 Å². The van der Waals surface area contributed by atoms with E-state index in [0.717, 1.165) is 45.2 Å². The van der Waals surface area contributed by atoms with Crippen LogP contribution < -0.4 is 5.32 Å². The van der Waals surface area contributed by atoms with Crippen LogP contribution in [-0.4, -0.2) is 35.8 Å². The lowest BCUT2D eigenvalue weighted by Gasteiger charge is -2.37. The monoisotopic (exact) mass is 370 g/mol. The summed E-state index contributed by atoms with van der Waals surface area (Å²) in [4.78, 5) is 27.7. The zero-order chi connectivity index (χ0) is 19.3. The Hall–Kier alpha value is -1.84. The standard InChI is InChI=1S/C23H34N2O2/c1-23(2,21(26)24-20-11-7-4-8-12-20)22(27)25-15-13-19(14-16-25)17-18-9-5-3-6-10-18/h3,5-6,9-10,19-20H,4,7-8,11-17H2,1-2H3,(H,24,26). The molecule has 0 bridgehead atoms. The van der Waals surface area contributed by atoms with Crippen LogP contribution in [0.1, 0.15) is 64.4 Å². The van der Waals surface area contributed by atoms with Gasteiger partial charge in [-0.2, -0.15) is 0 Å². The largest absolute Gasteiger partial charge is 0.352 e. The van der Waals surface area contributed by atoms with Crippen LogP contribution in [0.15, 0.2) is 30.3 Å². The number of carbonyl (C=O) groups is 2. The van der Waals surface area contributed by atoms with Gasteiger partial charge in [0.1, 0.15) is 5.41 Å². The normalized spacial score (nSPS) is 19.7. The highest BCUT2D eigenvalue weighted by Crippen LogP contribution is 2.27. The summed E-state index contributed by atoms with van der Waals surface area (Å²) in [5.74, 6) is 0.496. The van der Waals surface area contributed by atoms with E-state index in [0.29, 0.717) is 5.92 Å². The van der Waals surface area contributed by atoms with Crippen LogP contribution in [0, 0.1) is 11.3 Å². The third-order valence-corrected chi connectivity index (χ3v) is 6.31. The van der Waals surface area contributed by atoms with Crippen LogP contribution in [0.4, 0.5) is 0 Å². The van der Waals surface area contributed by atoms with Crippen molar-refractivity contribution < 1.29 is 9.59 Å². The van der Waals surface area contributed by atoms with E-state index in [1.165, 1.54) is 24.8 Å². The Kier molecular flexibility index (Phi) is 6.56. The molecule has 4 nitrogen and oxygen atoms in total. The van der Waals surface area contributed by atoms with Gasteiger partial charge < -0.3 is 10.2 Å². The van der Waals surface area contributed by atoms with Crippen molar-refractivity contribution in [3.05, 3.63) is 35.9 Å². The first kappa shape index (κ1) is 19.9. The molecule has 0 atom stereocenters. The molecule has 1 N–H and O–H groups in total. The van der Waals surface area contributed by atoms with E-state index in [1.807, 2.05) is 11.0 Å². The summed E-state index contributed by atoms with van der Waals surface area (Å²) in [5.41, 5.74) is 0.387. The van der Waals surface area contributed by atoms with E-state index >= 15 is 0 Å². The SMILES string of the molecule is CC(C)(C(=O)NC1CCCCC1)C(=O)N1CCC(Cc2ccccc2)CC1. The fourth-order valence-electron chi connectivity index (χ4n) is 4.39. The number of piperidine rings is 1. The average Bonchev–Trinajstić information content (AvgIpc) is 2.69. The van der Waals surface area contributed by atoms with Gasteiger partial charge in [-0.25, -0.2) is 0 Å². The molecule has 148 valence electrons. The van der Waals surface area contributed by atoms with Crippen LogP contribution in [0.2, 0.25) is 0 Å². The Morgan fingerprint density at radius 3 is 2.26 bits per heavy atom. The molecule has 0 radical (unpaired) electrons. The van der Waals surface area contributed by atoms with Gasteiger partial charge in [0.2, 0.25) is 11.8 Å². The summed E-state index contributed by atoms with van der Waals surface area (Å²) in [5, 5.41) is 3.13. The fraction of sp³-hybridized carbons (Fsp3) is 0.652. The summed E-state index contributed by atoms with van der Waals surface area (Å²) in [6, 6.07) is 10.8. The zero-order valence-electron chi connectivity index (χ0n) is 16.9. The second-order valence-electron chi connectivity index (χ2n) is 8.86. The van der Waals surface area contributed by atoms with Gasteiger partial charge in [-0.1, -0.05) is 49.6 Å². The predicted molar refractivity (Wildman–Crippen MR) is 108 cm³/mol. The van der Waals surface area contributed by atoms with Crippen molar-refractivity contribution in [2.24, 2.45) is 11.3 Å². The Labute approximate surface area is 163 Å². The lowest BCUT2D eigenvalue weighted by molar-refractivity contribution is -0.150. The highest BCUT2D eigenvalue weighted by Gasteiger charge is 2.40. The number of amides is 2. The summed E-state index contributed by atoms with van der Waals surface area (Å²) < 4.78 is 0. The maximum Gasteiger partial charge on any atom is 0.237 e. The van der Waals surface area contributed by atoms with E-state index in [9.17, 15) is 9.59 Å². The third-order valence-electron chi connectivity index (χ3n) is 6.31. The minimum absolute atomic E-state index is 0.0195. The van der Waals surface area contributed by atoms with Crippen LogP contribution in [0.5, 0.6) is 0 Å². The molecule has 2 aliphatic rings.